The lowest BCUT2D eigenvalue weighted by molar-refractivity contribution is 0.391. The topological polar surface area (TPSA) is 82.5 Å². The van der Waals surface area contributed by atoms with Gasteiger partial charge in [0.1, 0.15) is 0 Å². The van der Waals surface area contributed by atoms with Crippen LogP contribution in [0.3, 0.4) is 0 Å². The lowest BCUT2D eigenvalue weighted by atomic mass is 10.1. The second-order valence-corrected chi connectivity index (χ2v) is 7.33. The zero-order valence-corrected chi connectivity index (χ0v) is 15.2. The fourth-order valence-corrected chi connectivity index (χ4v) is 3.78. The van der Waals surface area contributed by atoms with Crippen molar-refractivity contribution in [2.75, 3.05) is 0 Å². The monoisotopic (exact) mass is 370 g/mol. The summed E-state index contributed by atoms with van der Waals surface area (Å²) in [5.74, 6) is 1.66. The normalized spacial score (nSPS) is 11.1. The number of thioether (sulfide) groups is 1. The summed E-state index contributed by atoms with van der Waals surface area (Å²) in [6, 6.07) is 10.1. The van der Waals surface area contributed by atoms with Crippen LogP contribution in [0.5, 0.6) is 0 Å². The van der Waals surface area contributed by atoms with Gasteiger partial charge in [-0.25, -0.2) is 0 Å². The molecule has 0 fully saturated rings. The first-order valence-corrected chi connectivity index (χ1v) is 9.42. The summed E-state index contributed by atoms with van der Waals surface area (Å²) in [7, 11) is 0. The van der Waals surface area contributed by atoms with E-state index in [1.807, 2.05) is 36.6 Å². The Morgan fingerprint density at radius 3 is 2.96 bits per heavy atom. The van der Waals surface area contributed by atoms with Crippen LogP contribution in [0.2, 0.25) is 0 Å². The Bertz CT molecular complexity index is 992. The molecule has 3 heterocycles. The summed E-state index contributed by atoms with van der Waals surface area (Å²) < 4.78 is 7.05. The van der Waals surface area contributed by atoms with Gasteiger partial charge in [-0.2, -0.15) is 9.67 Å². The minimum Gasteiger partial charge on any atom is -0.338 e. The third-order valence-corrected chi connectivity index (χ3v) is 5.33. The summed E-state index contributed by atoms with van der Waals surface area (Å²) in [5.41, 5.74) is 3.28. The fourth-order valence-electron chi connectivity index (χ4n) is 2.41. The van der Waals surface area contributed by atoms with E-state index in [9.17, 15) is 0 Å². The van der Waals surface area contributed by atoms with E-state index < -0.39 is 0 Å². The van der Waals surface area contributed by atoms with Crippen LogP contribution >= 0.6 is 23.1 Å². The third-order valence-electron chi connectivity index (χ3n) is 3.56. The van der Waals surface area contributed by atoms with Crippen molar-refractivity contribution in [1.29, 1.82) is 0 Å². The molecule has 0 atom stereocenters. The maximum Gasteiger partial charge on any atom is 0.237 e. The van der Waals surface area contributed by atoms with Gasteiger partial charge in [-0.3, -0.25) is 0 Å². The van der Waals surface area contributed by atoms with E-state index in [2.05, 4.69) is 38.7 Å². The van der Waals surface area contributed by atoms with Crippen molar-refractivity contribution < 1.29 is 4.52 Å². The van der Waals surface area contributed by atoms with Crippen molar-refractivity contribution >= 4 is 23.1 Å². The Labute approximate surface area is 152 Å². The number of benzene rings is 1. The smallest absolute Gasteiger partial charge is 0.237 e. The highest BCUT2D eigenvalue weighted by Crippen LogP contribution is 2.26. The Morgan fingerprint density at radius 2 is 2.16 bits per heavy atom. The van der Waals surface area contributed by atoms with Gasteiger partial charge in [0.05, 0.1) is 16.3 Å². The fraction of sp³-hybridized carbons (Fsp3) is 0.188. The summed E-state index contributed by atoms with van der Waals surface area (Å²) in [6.07, 6.45) is 0. The van der Waals surface area contributed by atoms with E-state index in [0.29, 0.717) is 22.6 Å². The molecule has 4 rings (SSSR count). The Morgan fingerprint density at radius 1 is 1.24 bits per heavy atom. The highest BCUT2D eigenvalue weighted by Gasteiger charge is 2.14. The molecule has 0 aliphatic carbocycles. The number of nitrogens with zero attached hydrogens (tertiary/aromatic N) is 6. The quantitative estimate of drug-likeness (QED) is 0.496. The predicted octanol–water partition coefficient (Wildman–Crippen LogP) is 3.68. The molecule has 1 aromatic carbocycles. The first-order chi connectivity index (χ1) is 12.2. The van der Waals surface area contributed by atoms with Gasteiger partial charge >= 0.3 is 0 Å². The van der Waals surface area contributed by atoms with Crippen molar-refractivity contribution in [2.24, 2.45) is 0 Å². The molecule has 0 saturated heterocycles. The largest absolute Gasteiger partial charge is 0.338 e. The predicted molar refractivity (Wildman–Crippen MR) is 95.8 cm³/mol. The van der Waals surface area contributed by atoms with Crippen LogP contribution in [0.15, 0.2) is 45.4 Å². The van der Waals surface area contributed by atoms with E-state index in [0.717, 1.165) is 16.1 Å². The number of aromatic nitrogens is 6. The second kappa shape index (κ2) is 6.77. The average molecular weight is 370 g/mol. The molecule has 0 bridgehead atoms. The molecule has 0 N–H and O–H groups in total. The van der Waals surface area contributed by atoms with Gasteiger partial charge in [-0.05, 0) is 47.4 Å². The maximum absolute atomic E-state index is 5.32. The van der Waals surface area contributed by atoms with Gasteiger partial charge < -0.3 is 4.52 Å². The van der Waals surface area contributed by atoms with Gasteiger partial charge in [0.2, 0.25) is 16.9 Å². The number of tetrazole rings is 1. The van der Waals surface area contributed by atoms with Crippen molar-refractivity contribution in [3.8, 4) is 16.4 Å². The number of thiophene rings is 1. The van der Waals surface area contributed by atoms with Gasteiger partial charge in [0.15, 0.2) is 0 Å². The molecular weight excluding hydrogens is 356 g/mol. The first kappa shape index (κ1) is 16.0. The third kappa shape index (κ3) is 3.33. The van der Waals surface area contributed by atoms with Crippen LogP contribution in [0, 0.1) is 13.8 Å². The van der Waals surface area contributed by atoms with Crippen LogP contribution < -0.4 is 0 Å². The van der Waals surface area contributed by atoms with E-state index in [1.54, 1.807) is 16.0 Å². The van der Waals surface area contributed by atoms with E-state index in [1.165, 1.54) is 17.3 Å². The maximum atomic E-state index is 5.32. The summed E-state index contributed by atoms with van der Waals surface area (Å²) in [4.78, 5) is 5.40. The number of aryl methyl sites for hydroxylation is 2. The van der Waals surface area contributed by atoms with Crippen molar-refractivity contribution in [2.45, 2.75) is 24.8 Å². The number of hydrogen-bond donors (Lipinski definition) is 0. The van der Waals surface area contributed by atoms with Gasteiger partial charge in [-0.15, -0.1) is 16.4 Å². The molecule has 0 saturated carbocycles. The Kier molecular flexibility index (Phi) is 4.33. The zero-order valence-electron chi connectivity index (χ0n) is 13.6. The molecule has 0 aliphatic rings. The first-order valence-electron chi connectivity index (χ1n) is 7.56. The average Bonchev–Trinajstić information content (AvgIpc) is 3.34. The lowest BCUT2D eigenvalue weighted by Gasteiger charge is -2.07. The molecule has 4 aromatic rings. The molecule has 0 radical (unpaired) electrons. The van der Waals surface area contributed by atoms with Crippen LogP contribution in [0.25, 0.3) is 16.4 Å². The molecule has 7 nitrogen and oxygen atoms in total. The molecule has 126 valence electrons. The van der Waals surface area contributed by atoms with Crippen LogP contribution in [0.4, 0.5) is 0 Å². The molecule has 0 amide bonds. The highest BCUT2D eigenvalue weighted by atomic mass is 32.2. The van der Waals surface area contributed by atoms with Gasteiger partial charge in [0, 0.05) is 0 Å². The Balaban J connectivity index is 1.52. The van der Waals surface area contributed by atoms with Gasteiger partial charge in [0.25, 0.3) is 0 Å². The van der Waals surface area contributed by atoms with E-state index in [4.69, 9.17) is 4.52 Å². The lowest BCUT2D eigenvalue weighted by Crippen LogP contribution is -2.02. The minimum absolute atomic E-state index is 0.504. The van der Waals surface area contributed by atoms with Crippen molar-refractivity contribution in [1.82, 2.24) is 30.3 Å². The molecule has 25 heavy (non-hydrogen) atoms. The van der Waals surface area contributed by atoms with Gasteiger partial charge in [-0.1, -0.05) is 40.7 Å². The van der Waals surface area contributed by atoms with Crippen LogP contribution in [-0.2, 0) is 5.75 Å². The number of hydrogen-bond acceptors (Lipinski definition) is 8. The Hall–Kier alpha value is -2.52. The van der Waals surface area contributed by atoms with Crippen LogP contribution in [0.1, 0.15) is 17.0 Å². The molecule has 0 unspecified atom stereocenters. The van der Waals surface area contributed by atoms with E-state index in [-0.39, 0.29) is 0 Å². The standard InChI is InChI=1S/C16H14N6OS2/c1-10-5-6-12(11(2)8-10)22-16(18-20-21-22)25-9-14-17-15(19-23-14)13-4-3-7-24-13/h3-8H,9H2,1-2H3. The second-order valence-electron chi connectivity index (χ2n) is 5.44. The molecule has 0 spiro atoms. The van der Waals surface area contributed by atoms with Crippen molar-refractivity contribution in [3.05, 3.63) is 52.7 Å². The molecule has 0 aliphatic heterocycles. The number of rotatable bonds is 5. The summed E-state index contributed by atoms with van der Waals surface area (Å²) >= 11 is 3.04. The molecular formula is C16H14N6OS2. The van der Waals surface area contributed by atoms with E-state index >= 15 is 0 Å². The molecule has 3 aromatic heterocycles. The van der Waals surface area contributed by atoms with Crippen molar-refractivity contribution in [3.63, 3.8) is 0 Å². The van der Waals surface area contributed by atoms with Crippen LogP contribution in [-0.4, -0.2) is 30.3 Å². The summed E-state index contributed by atoms with van der Waals surface area (Å²) in [5, 5.41) is 18.7. The zero-order chi connectivity index (χ0) is 17.2. The SMILES string of the molecule is Cc1ccc(-n2nnnc2SCc2nc(-c3cccs3)no2)c(C)c1. The summed E-state index contributed by atoms with van der Waals surface area (Å²) in [6.45, 7) is 4.11. The molecule has 9 heteroatoms. The minimum atomic E-state index is 0.504. The highest BCUT2D eigenvalue weighted by molar-refractivity contribution is 7.98.